The number of nitrogens with zero attached hydrogens (tertiary/aromatic N) is 1. The highest BCUT2D eigenvalue weighted by Gasteiger charge is 2.36. The fraction of sp³-hybridized carbons (Fsp3) is 0.0417. The van der Waals surface area contributed by atoms with Gasteiger partial charge in [-0.05, 0) is 53.6 Å². The maximum Gasteiger partial charge on any atom is 0.335 e. The zero-order chi connectivity index (χ0) is 21.8. The van der Waals surface area contributed by atoms with Crippen LogP contribution >= 0.6 is 15.9 Å². The summed E-state index contributed by atoms with van der Waals surface area (Å²) in [6, 6.07) is 22.5. The number of urea groups is 1. The lowest BCUT2D eigenvalue weighted by Crippen LogP contribution is -2.54. The second kappa shape index (κ2) is 8.97. The topological polar surface area (TPSA) is 75.7 Å². The number of hydrogen-bond acceptors (Lipinski definition) is 4. The molecule has 0 atom stereocenters. The molecule has 1 aliphatic heterocycles. The second-order valence-electron chi connectivity index (χ2n) is 6.78. The van der Waals surface area contributed by atoms with E-state index >= 15 is 0 Å². The van der Waals surface area contributed by atoms with Gasteiger partial charge in [0.1, 0.15) is 17.9 Å². The Morgan fingerprint density at radius 2 is 1.55 bits per heavy atom. The van der Waals surface area contributed by atoms with Crippen LogP contribution in [0.15, 0.2) is 88.9 Å². The Hall–Kier alpha value is -3.71. The number of ether oxygens (including phenoxy) is 1. The molecule has 1 aliphatic rings. The molecule has 0 bridgehead atoms. The Kier molecular flexibility index (Phi) is 5.95. The first-order chi connectivity index (χ1) is 15.0. The van der Waals surface area contributed by atoms with Crippen molar-refractivity contribution >= 4 is 45.5 Å². The minimum absolute atomic E-state index is 0.119. The van der Waals surface area contributed by atoms with E-state index in [1.807, 2.05) is 24.3 Å². The third-order valence-electron chi connectivity index (χ3n) is 4.63. The van der Waals surface area contributed by atoms with E-state index in [0.717, 1.165) is 14.9 Å². The minimum atomic E-state index is -0.768. The van der Waals surface area contributed by atoms with E-state index in [4.69, 9.17) is 4.74 Å². The quantitative estimate of drug-likeness (QED) is 0.427. The molecule has 4 rings (SSSR count). The van der Waals surface area contributed by atoms with E-state index in [1.165, 1.54) is 6.08 Å². The van der Waals surface area contributed by atoms with Crippen LogP contribution in [0.5, 0.6) is 5.75 Å². The molecule has 1 N–H and O–H groups in total. The Balaban J connectivity index is 1.50. The molecule has 1 saturated heterocycles. The Bertz CT molecular complexity index is 1160. The Morgan fingerprint density at radius 1 is 0.871 bits per heavy atom. The van der Waals surface area contributed by atoms with Crippen molar-refractivity contribution in [3.8, 4) is 5.75 Å². The van der Waals surface area contributed by atoms with Gasteiger partial charge in [-0.15, -0.1) is 0 Å². The van der Waals surface area contributed by atoms with Crippen molar-refractivity contribution < 1.29 is 19.1 Å². The predicted octanol–water partition coefficient (Wildman–Crippen LogP) is 4.69. The number of hydrogen-bond donors (Lipinski definition) is 1. The molecule has 3 aromatic rings. The molecule has 0 aromatic heterocycles. The summed E-state index contributed by atoms with van der Waals surface area (Å²) in [5.74, 6) is -0.737. The van der Waals surface area contributed by atoms with Crippen molar-refractivity contribution in [2.75, 3.05) is 4.90 Å². The number of benzene rings is 3. The zero-order valence-electron chi connectivity index (χ0n) is 16.2. The summed E-state index contributed by atoms with van der Waals surface area (Å²) in [5.41, 5.74) is 1.94. The summed E-state index contributed by atoms with van der Waals surface area (Å²) < 4.78 is 6.78. The molecule has 1 fully saturated rings. The van der Waals surface area contributed by atoms with Gasteiger partial charge < -0.3 is 4.74 Å². The normalized spacial score (nSPS) is 15.2. The number of anilines is 1. The van der Waals surface area contributed by atoms with Crippen LogP contribution in [0.25, 0.3) is 6.08 Å². The number of carbonyl (C=O) groups is 3. The lowest BCUT2D eigenvalue weighted by molar-refractivity contribution is -0.122. The maximum absolute atomic E-state index is 12.8. The molecule has 31 heavy (non-hydrogen) atoms. The summed E-state index contributed by atoms with van der Waals surface area (Å²) in [6.45, 7) is 0.419. The van der Waals surface area contributed by atoms with Gasteiger partial charge in [0.05, 0.1) is 5.69 Å². The van der Waals surface area contributed by atoms with Gasteiger partial charge in [-0.25, -0.2) is 9.69 Å². The number of para-hydroxylation sites is 1. The van der Waals surface area contributed by atoms with Gasteiger partial charge in [0, 0.05) is 4.47 Å². The monoisotopic (exact) mass is 476 g/mol. The van der Waals surface area contributed by atoms with Crippen LogP contribution in [0, 0.1) is 0 Å². The smallest absolute Gasteiger partial charge is 0.335 e. The van der Waals surface area contributed by atoms with Crippen molar-refractivity contribution in [2.24, 2.45) is 0 Å². The molecular weight excluding hydrogens is 460 g/mol. The molecule has 0 aliphatic carbocycles. The predicted molar refractivity (Wildman–Crippen MR) is 120 cm³/mol. The number of nitrogens with one attached hydrogen (secondary N) is 1. The largest absolute Gasteiger partial charge is 0.489 e. The molecular formula is C24H17BrN2O4. The van der Waals surface area contributed by atoms with Crippen LogP contribution in [0.2, 0.25) is 0 Å². The molecule has 1 heterocycles. The summed E-state index contributed by atoms with van der Waals surface area (Å²) in [7, 11) is 0. The van der Waals surface area contributed by atoms with Crippen molar-refractivity contribution in [3.63, 3.8) is 0 Å². The van der Waals surface area contributed by atoms with Crippen LogP contribution < -0.4 is 15.0 Å². The standard InChI is InChI=1S/C24H17BrN2O4/c25-18-10-6-17(7-11-18)15-31-20-12-8-16(9-13-20)14-21-22(28)26-24(30)27(23(21)29)19-4-2-1-3-5-19/h1-14H,15H2,(H,26,28,30)/b21-14+. The van der Waals surface area contributed by atoms with E-state index < -0.39 is 17.8 Å². The average Bonchev–Trinajstić information content (AvgIpc) is 2.78. The highest BCUT2D eigenvalue weighted by Crippen LogP contribution is 2.22. The molecule has 154 valence electrons. The van der Waals surface area contributed by atoms with Crippen molar-refractivity contribution in [1.29, 1.82) is 0 Å². The first-order valence-electron chi connectivity index (χ1n) is 9.45. The number of barbiturate groups is 1. The molecule has 3 aromatic carbocycles. The average molecular weight is 477 g/mol. The Labute approximate surface area is 187 Å². The maximum atomic E-state index is 12.8. The fourth-order valence-corrected chi connectivity index (χ4v) is 3.31. The van der Waals surface area contributed by atoms with E-state index in [2.05, 4.69) is 21.2 Å². The van der Waals surface area contributed by atoms with Crippen molar-refractivity contribution in [2.45, 2.75) is 6.61 Å². The first-order valence-corrected chi connectivity index (χ1v) is 10.2. The van der Waals surface area contributed by atoms with Gasteiger partial charge in [-0.1, -0.05) is 58.4 Å². The number of rotatable bonds is 5. The van der Waals surface area contributed by atoms with E-state index in [-0.39, 0.29) is 5.57 Å². The lowest BCUT2D eigenvalue weighted by Gasteiger charge is -2.26. The highest BCUT2D eigenvalue weighted by atomic mass is 79.9. The van der Waals surface area contributed by atoms with Crippen LogP contribution in [-0.2, 0) is 16.2 Å². The van der Waals surface area contributed by atoms with Crippen molar-refractivity contribution in [1.82, 2.24) is 5.32 Å². The number of amides is 4. The SMILES string of the molecule is O=C1NC(=O)N(c2ccccc2)C(=O)/C1=C/c1ccc(OCc2ccc(Br)cc2)cc1. The molecule has 0 unspecified atom stereocenters. The summed E-state index contributed by atoms with van der Waals surface area (Å²) >= 11 is 3.40. The van der Waals surface area contributed by atoms with E-state index in [1.54, 1.807) is 54.6 Å². The van der Waals surface area contributed by atoms with Gasteiger partial charge in [0.15, 0.2) is 0 Å². The van der Waals surface area contributed by atoms with Crippen LogP contribution in [-0.4, -0.2) is 17.8 Å². The molecule has 0 radical (unpaired) electrons. The minimum Gasteiger partial charge on any atom is -0.489 e. The van der Waals surface area contributed by atoms with E-state index in [0.29, 0.717) is 23.6 Å². The third-order valence-corrected chi connectivity index (χ3v) is 5.15. The summed E-state index contributed by atoms with van der Waals surface area (Å²) in [4.78, 5) is 38.3. The number of carbonyl (C=O) groups excluding carboxylic acids is 3. The molecule has 0 saturated carbocycles. The van der Waals surface area contributed by atoms with Crippen molar-refractivity contribution in [3.05, 3.63) is 100 Å². The molecule has 4 amide bonds. The summed E-state index contributed by atoms with van der Waals surface area (Å²) in [6.07, 6.45) is 1.46. The molecule has 6 nitrogen and oxygen atoms in total. The first kappa shape index (κ1) is 20.6. The van der Waals surface area contributed by atoms with Crippen LogP contribution in [0.4, 0.5) is 10.5 Å². The number of imide groups is 2. The second-order valence-corrected chi connectivity index (χ2v) is 7.69. The third kappa shape index (κ3) is 4.73. The fourth-order valence-electron chi connectivity index (χ4n) is 3.04. The Morgan fingerprint density at radius 3 is 2.23 bits per heavy atom. The summed E-state index contributed by atoms with van der Waals surface area (Å²) in [5, 5.41) is 2.21. The highest BCUT2D eigenvalue weighted by molar-refractivity contribution is 9.10. The lowest BCUT2D eigenvalue weighted by atomic mass is 10.1. The van der Waals surface area contributed by atoms with Crippen LogP contribution in [0.3, 0.4) is 0 Å². The number of halogens is 1. The van der Waals surface area contributed by atoms with Gasteiger partial charge >= 0.3 is 6.03 Å². The zero-order valence-corrected chi connectivity index (χ0v) is 17.8. The van der Waals surface area contributed by atoms with Gasteiger partial charge in [-0.2, -0.15) is 0 Å². The molecule has 7 heteroatoms. The van der Waals surface area contributed by atoms with Gasteiger partial charge in [0.2, 0.25) is 0 Å². The molecule has 0 spiro atoms. The van der Waals surface area contributed by atoms with E-state index in [9.17, 15) is 14.4 Å². The van der Waals surface area contributed by atoms with Gasteiger partial charge in [0.25, 0.3) is 11.8 Å². The van der Waals surface area contributed by atoms with Crippen LogP contribution in [0.1, 0.15) is 11.1 Å². The van der Waals surface area contributed by atoms with Gasteiger partial charge in [-0.3, -0.25) is 14.9 Å².